The number of nitrogens with zero attached hydrogens (tertiary/aromatic N) is 5. The van der Waals surface area contributed by atoms with E-state index in [1.165, 1.54) is 5.56 Å². The van der Waals surface area contributed by atoms with Crippen LogP contribution in [0.5, 0.6) is 0 Å². The number of para-hydroxylation sites is 5. The largest absolute Gasteiger partial charge is 0.279 e. The number of hydrogen-bond acceptors (Lipinski definition) is 4. The molecular formula is C47H31N5. The van der Waals surface area contributed by atoms with E-state index in [0.717, 1.165) is 78.8 Å². The first-order chi connectivity index (χ1) is 25.8. The fourth-order valence-corrected chi connectivity index (χ4v) is 7.33. The SMILES string of the molecule is c1ccc(-c2ccc(-c3cc(-c4ccccc4)nc(-c4ccccc4N4c5ccccc5-c5ccccc5-n5c4nc4ccccc45)n3)cc2)cc1. The Morgan fingerprint density at radius 2 is 0.808 bits per heavy atom. The molecule has 0 saturated carbocycles. The van der Waals surface area contributed by atoms with Gasteiger partial charge < -0.3 is 0 Å². The van der Waals surface area contributed by atoms with Gasteiger partial charge in [-0.1, -0.05) is 146 Å². The van der Waals surface area contributed by atoms with Gasteiger partial charge in [0.25, 0.3) is 0 Å². The van der Waals surface area contributed by atoms with E-state index in [1.807, 2.05) is 18.2 Å². The zero-order chi connectivity index (χ0) is 34.4. The number of fused-ring (bicyclic) bond motifs is 7. The van der Waals surface area contributed by atoms with Crippen molar-refractivity contribution in [3.05, 3.63) is 188 Å². The van der Waals surface area contributed by atoms with Gasteiger partial charge in [-0.25, -0.2) is 15.0 Å². The normalized spacial score (nSPS) is 11.8. The summed E-state index contributed by atoms with van der Waals surface area (Å²) in [5, 5.41) is 0. The van der Waals surface area contributed by atoms with Crippen molar-refractivity contribution in [2.45, 2.75) is 0 Å². The molecular weight excluding hydrogens is 635 g/mol. The third-order valence-corrected chi connectivity index (χ3v) is 9.79. The highest BCUT2D eigenvalue weighted by Gasteiger charge is 2.30. The number of hydrogen-bond donors (Lipinski definition) is 0. The second kappa shape index (κ2) is 12.3. The molecule has 0 unspecified atom stereocenters. The first kappa shape index (κ1) is 29.8. The van der Waals surface area contributed by atoms with E-state index in [-0.39, 0.29) is 0 Å². The average Bonchev–Trinajstić information content (AvgIpc) is 3.55. The van der Waals surface area contributed by atoms with Crippen LogP contribution in [0.1, 0.15) is 0 Å². The van der Waals surface area contributed by atoms with Crippen molar-refractivity contribution in [2.24, 2.45) is 0 Å². The summed E-state index contributed by atoms with van der Waals surface area (Å²) >= 11 is 0. The van der Waals surface area contributed by atoms with Crippen LogP contribution in [0.15, 0.2) is 188 Å². The minimum absolute atomic E-state index is 0.640. The molecule has 52 heavy (non-hydrogen) atoms. The van der Waals surface area contributed by atoms with Gasteiger partial charge in [0.05, 0.1) is 39.5 Å². The maximum absolute atomic E-state index is 5.32. The van der Waals surface area contributed by atoms with Crippen molar-refractivity contribution < 1.29 is 0 Å². The van der Waals surface area contributed by atoms with Gasteiger partial charge in [-0.05, 0) is 53.6 Å². The van der Waals surface area contributed by atoms with Gasteiger partial charge >= 0.3 is 0 Å². The minimum Gasteiger partial charge on any atom is -0.279 e. The summed E-state index contributed by atoms with van der Waals surface area (Å²) in [5.74, 6) is 1.45. The van der Waals surface area contributed by atoms with Crippen LogP contribution in [0.2, 0.25) is 0 Å². The molecule has 244 valence electrons. The Bertz CT molecular complexity index is 2730. The van der Waals surface area contributed by atoms with E-state index in [9.17, 15) is 0 Å². The molecule has 2 aromatic heterocycles. The summed E-state index contributed by atoms with van der Waals surface area (Å²) < 4.78 is 2.28. The van der Waals surface area contributed by atoms with Gasteiger partial charge in [0, 0.05) is 27.8 Å². The summed E-state index contributed by atoms with van der Waals surface area (Å²) in [6.45, 7) is 0. The van der Waals surface area contributed by atoms with E-state index in [2.05, 4.69) is 179 Å². The lowest BCUT2D eigenvalue weighted by Crippen LogP contribution is -2.15. The van der Waals surface area contributed by atoms with Gasteiger partial charge in [-0.3, -0.25) is 9.47 Å². The Hall–Kier alpha value is -7.11. The Morgan fingerprint density at radius 1 is 0.346 bits per heavy atom. The number of benzene rings is 7. The zero-order valence-corrected chi connectivity index (χ0v) is 28.1. The van der Waals surface area contributed by atoms with Crippen molar-refractivity contribution in [3.63, 3.8) is 0 Å². The monoisotopic (exact) mass is 665 g/mol. The summed E-state index contributed by atoms with van der Waals surface area (Å²) in [5.41, 5.74) is 14.3. The van der Waals surface area contributed by atoms with Gasteiger partial charge in [0.15, 0.2) is 5.82 Å². The van der Waals surface area contributed by atoms with Crippen LogP contribution >= 0.6 is 0 Å². The molecule has 3 heterocycles. The van der Waals surface area contributed by atoms with E-state index >= 15 is 0 Å². The third-order valence-electron chi connectivity index (χ3n) is 9.79. The summed E-state index contributed by atoms with van der Waals surface area (Å²) in [6.07, 6.45) is 0. The summed E-state index contributed by atoms with van der Waals surface area (Å²) in [7, 11) is 0. The molecule has 5 nitrogen and oxygen atoms in total. The molecule has 0 spiro atoms. The lowest BCUT2D eigenvalue weighted by atomic mass is 10.0. The van der Waals surface area contributed by atoms with Gasteiger partial charge in [0.1, 0.15) is 0 Å². The molecule has 0 bridgehead atoms. The van der Waals surface area contributed by atoms with E-state index in [4.69, 9.17) is 15.0 Å². The molecule has 5 heteroatoms. The quantitative estimate of drug-likeness (QED) is 0.184. The van der Waals surface area contributed by atoms with Crippen molar-refractivity contribution in [2.75, 3.05) is 4.90 Å². The summed E-state index contributed by atoms with van der Waals surface area (Å²) in [6, 6.07) is 65.4. The molecule has 1 aliphatic heterocycles. The lowest BCUT2D eigenvalue weighted by Gasteiger charge is -2.26. The predicted molar refractivity (Wildman–Crippen MR) is 212 cm³/mol. The Labute approximate surface area is 301 Å². The molecule has 0 atom stereocenters. The van der Waals surface area contributed by atoms with Crippen molar-refractivity contribution in [1.29, 1.82) is 0 Å². The van der Waals surface area contributed by atoms with Crippen LogP contribution in [-0.4, -0.2) is 19.5 Å². The molecule has 7 aromatic carbocycles. The van der Waals surface area contributed by atoms with Crippen LogP contribution in [-0.2, 0) is 0 Å². The van der Waals surface area contributed by atoms with Crippen LogP contribution in [0.4, 0.5) is 17.3 Å². The topological polar surface area (TPSA) is 46.8 Å². The maximum Gasteiger partial charge on any atom is 0.220 e. The maximum atomic E-state index is 5.32. The number of anilines is 3. The molecule has 0 fully saturated rings. The first-order valence-corrected chi connectivity index (χ1v) is 17.5. The van der Waals surface area contributed by atoms with Crippen molar-refractivity contribution in [3.8, 4) is 61.8 Å². The second-order valence-electron chi connectivity index (χ2n) is 12.9. The van der Waals surface area contributed by atoms with Crippen LogP contribution < -0.4 is 4.90 Å². The predicted octanol–water partition coefficient (Wildman–Crippen LogP) is 11.9. The van der Waals surface area contributed by atoms with E-state index in [1.54, 1.807) is 0 Å². The third kappa shape index (κ3) is 4.98. The molecule has 0 radical (unpaired) electrons. The Kier molecular flexibility index (Phi) is 7.07. The van der Waals surface area contributed by atoms with Crippen LogP contribution in [0.3, 0.4) is 0 Å². The zero-order valence-electron chi connectivity index (χ0n) is 28.1. The standard InChI is InChI=1S/C47H31N5/c1-3-15-32(16-4-1)33-27-29-35(30-28-33)41-31-40(34-17-5-2-6-18-34)48-46(49-41)38-21-9-13-25-44(38)51-42-23-11-7-19-36(42)37-20-8-12-24-43(37)52-45-26-14-10-22-39(45)50-47(51)52/h1-31H. The van der Waals surface area contributed by atoms with Gasteiger partial charge in [0.2, 0.25) is 5.95 Å². The van der Waals surface area contributed by atoms with Crippen molar-refractivity contribution >= 4 is 28.4 Å². The number of rotatable bonds is 5. The number of imidazole rings is 1. The van der Waals surface area contributed by atoms with Gasteiger partial charge in [-0.2, -0.15) is 0 Å². The Balaban J connectivity index is 1.20. The van der Waals surface area contributed by atoms with Crippen LogP contribution in [0, 0.1) is 0 Å². The lowest BCUT2D eigenvalue weighted by molar-refractivity contribution is 1.05. The highest BCUT2D eigenvalue weighted by molar-refractivity contribution is 5.98. The number of aromatic nitrogens is 4. The minimum atomic E-state index is 0.640. The Morgan fingerprint density at radius 3 is 1.50 bits per heavy atom. The summed E-state index contributed by atoms with van der Waals surface area (Å²) in [4.78, 5) is 18.2. The molecule has 0 aliphatic carbocycles. The average molecular weight is 666 g/mol. The fraction of sp³-hybridized carbons (Fsp3) is 0. The smallest absolute Gasteiger partial charge is 0.220 e. The van der Waals surface area contributed by atoms with E-state index < -0.39 is 0 Å². The second-order valence-corrected chi connectivity index (χ2v) is 12.9. The molecule has 0 amide bonds. The first-order valence-electron chi connectivity index (χ1n) is 17.5. The highest BCUT2D eigenvalue weighted by atomic mass is 15.3. The van der Waals surface area contributed by atoms with Crippen LogP contribution in [0.25, 0.3) is 72.9 Å². The van der Waals surface area contributed by atoms with Crippen molar-refractivity contribution in [1.82, 2.24) is 19.5 Å². The fourth-order valence-electron chi connectivity index (χ4n) is 7.33. The van der Waals surface area contributed by atoms with Gasteiger partial charge in [-0.15, -0.1) is 0 Å². The van der Waals surface area contributed by atoms with E-state index in [0.29, 0.717) is 5.82 Å². The molecule has 0 N–H and O–H groups in total. The highest BCUT2D eigenvalue weighted by Crippen LogP contribution is 2.49. The molecule has 10 rings (SSSR count). The molecule has 1 aliphatic rings. The molecule has 9 aromatic rings. The molecule has 0 saturated heterocycles.